The first-order valence-corrected chi connectivity index (χ1v) is 6.81. The molecule has 1 aliphatic heterocycles. The molecule has 0 bridgehead atoms. The maximum absolute atomic E-state index is 5.91. The van der Waals surface area contributed by atoms with E-state index in [2.05, 4.69) is 19.9 Å². The van der Waals surface area contributed by atoms with Crippen molar-refractivity contribution in [2.45, 2.75) is 0 Å². The summed E-state index contributed by atoms with van der Waals surface area (Å²) in [5.41, 5.74) is 12.6. The molecule has 9 nitrogen and oxygen atoms in total. The number of morpholine rings is 1. The molecule has 1 aliphatic rings. The Balaban J connectivity index is 2.03. The van der Waals surface area contributed by atoms with Crippen LogP contribution in [0.2, 0.25) is 0 Å². The largest absolute Gasteiger partial charge is 0.481 e. The lowest BCUT2D eigenvalue weighted by Crippen LogP contribution is -2.37. The lowest BCUT2D eigenvalue weighted by Gasteiger charge is -2.27. The molecule has 1 fully saturated rings. The number of nitrogen functional groups attached to an aromatic ring is 2. The van der Waals surface area contributed by atoms with Gasteiger partial charge in [-0.3, -0.25) is 0 Å². The third-order valence-corrected chi connectivity index (χ3v) is 3.31. The number of anilines is 3. The van der Waals surface area contributed by atoms with E-state index in [9.17, 15) is 0 Å². The quantitative estimate of drug-likeness (QED) is 0.802. The molecule has 0 amide bonds. The van der Waals surface area contributed by atoms with Crippen molar-refractivity contribution >= 4 is 17.7 Å². The number of hydrogen-bond acceptors (Lipinski definition) is 9. The van der Waals surface area contributed by atoms with E-state index in [1.54, 1.807) is 19.4 Å². The lowest BCUT2D eigenvalue weighted by atomic mass is 10.2. The minimum absolute atomic E-state index is 0.121. The maximum atomic E-state index is 5.91. The van der Waals surface area contributed by atoms with Crippen LogP contribution in [0.3, 0.4) is 0 Å². The van der Waals surface area contributed by atoms with Crippen LogP contribution in [0.4, 0.5) is 17.7 Å². The van der Waals surface area contributed by atoms with Crippen molar-refractivity contribution in [1.29, 1.82) is 0 Å². The fourth-order valence-corrected chi connectivity index (χ4v) is 2.17. The van der Waals surface area contributed by atoms with E-state index in [0.29, 0.717) is 36.3 Å². The Morgan fingerprint density at radius 2 is 1.95 bits per heavy atom. The van der Waals surface area contributed by atoms with Crippen molar-refractivity contribution in [3.8, 4) is 17.1 Å². The van der Waals surface area contributed by atoms with Crippen LogP contribution < -0.4 is 21.1 Å². The van der Waals surface area contributed by atoms with Gasteiger partial charge in [0.1, 0.15) is 5.82 Å². The maximum Gasteiger partial charge on any atom is 0.229 e. The first-order valence-electron chi connectivity index (χ1n) is 6.81. The molecule has 116 valence electrons. The number of aromatic nitrogens is 4. The summed E-state index contributed by atoms with van der Waals surface area (Å²) in [7, 11) is 1.55. The summed E-state index contributed by atoms with van der Waals surface area (Å²) in [6.07, 6.45) is 1.54. The van der Waals surface area contributed by atoms with Gasteiger partial charge in [0.15, 0.2) is 0 Å². The number of hydrogen-bond donors (Lipinski definition) is 2. The summed E-state index contributed by atoms with van der Waals surface area (Å²) >= 11 is 0. The minimum atomic E-state index is 0.121. The predicted molar refractivity (Wildman–Crippen MR) is 81.5 cm³/mol. The van der Waals surface area contributed by atoms with Gasteiger partial charge in [-0.1, -0.05) is 0 Å². The summed E-state index contributed by atoms with van der Waals surface area (Å²) in [4.78, 5) is 18.9. The average Bonchev–Trinajstić information content (AvgIpc) is 2.55. The van der Waals surface area contributed by atoms with Crippen molar-refractivity contribution in [3.63, 3.8) is 0 Å². The molecule has 0 unspecified atom stereocenters. The first kappa shape index (κ1) is 14.3. The van der Waals surface area contributed by atoms with Crippen LogP contribution in [0, 0.1) is 0 Å². The Morgan fingerprint density at radius 3 is 2.64 bits per heavy atom. The zero-order chi connectivity index (χ0) is 15.5. The molecule has 0 aliphatic carbocycles. The summed E-state index contributed by atoms with van der Waals surface area (Å²) in [5, 5.41) is 0. The van der Waals surface area contributed by atoms with Gasteiger partial charge in [0.05, 0.1) is 31.6 Å². The smallest absolute Gasteiger partial charge is 0.229 e. The zero-order valence-electron chi connectivity index (χ0n) is 12.2. The van der Waals surface area contributed by atoms with Gasteiger partial charge in [0.2, 0.25) is 17.8 Å². The van der Waals surface area contributed by atoms with E-state index in [-0.39, 0.29) is 11.8 Å². The highest BCUT2D eigenvalue weighted by Gasteiger charge is 2.18. The molecule has 0 saturated carbocycles. The van der Waals surface area contributed by atoms with Gasteiger partial charge < -0.3 is 25.8 Å². The van der Waals surface area contributed by atoms with Gasteiger partial charge in [-0.15, -0.1) is 0 Å². The van der Waals surface area contributed by atoms with E-state index in [0.717, 1.165) is 13.1 Å². The molecule has 1 saturated heterocycles. The second-order valence-corrected chi connectivity index (χ2v) is 4.72. The van der Waals surface area contributed by atoms with Crippen molar-refractivity contribution in [2.24, 2.45) is 0 Å². The Hall–Kier alpha value is -2.68. The van der Waals surface area contributed by atoms with E-state index < -0.39 is 0 Å². The Kier molecular flexibility index (Phi) is 3.88. The van der Waals surface area contributed by atoms with Crippen LogP contribution in [0.25, 0.3) is 11.3 Å². The van der Waals surface area contributed by atoms with Gasteiger partial charge >= 0.3 is 0 Å². The summed E-state index contributed by atoms with van der Waals surface area (Å²) in [6, 6.07) is 1.69. The predicted octanol–water partition coefficient (Wildman–Crippen LogP) is -0.0568. The summed E-state index contributed by atoms with van der Waals surface area (Å²) in [5.74, 6) is 1.40. The number of ether oxygens (including phenoxy) is 2. The molecular weight excluding hydrogens is 286 g/mol. The van der Waals surface area contributed by atoms with E-state index in [1.165, 1.54) is 0 Å². The molecule has 3 rings (SSSR count). The highest BCUT2D eigenvalue weighted by Crippen LogP contribution is 2.27. The topological polar surface area (TPSA) is 125 Å². The standard InChI is InChI=1S/C13H17N7O2/c1-21-10-6-9(8-7-16-12(15)19-11(8)14)17-13(18-10)20-2-4-22-5-3-20/h6-7H,2-5H2,1H3,(H4,14,15,16,19). The Labute approximate surface area is 127 Å². The average molecular weight is 303 g/mol. The number of nitrogens with two attached hydrogens (primary N) is 2. The number of nitrogens with zero attached hydrogens (tertiary/aromatic N) is 5. The van der Waals surface area contributed by atoms with Crippen LogP contribution in [0.5, 0.6) is 5.88 Å². The minimum Gasteiger partial charge on any atom is -0.481 e. The van der Waals surface area contributed by atoms with Crippen molar-refractivity contribution in [3.05, 3.63) is 12.3 Å². The second kappa shape index (κ2) is 5.98. The van der Waals surface area contributed by atoms with Gasteiger partial charge in [-0.25, -0.2) is 9.97 Å². The molecule has 3 heterocycles. The molecule has 4 N–H and O–H groups in total. The van der Waals surface area contributed by atoms with Crippen LogP contribution in [-0.2, 0) is 4.74 Å². The van der Waals surface area contributed by atoms with Crippen molar-refractivity contribution in [1.82, 2.24) is 19.9 Å². The van der Waals surface area contributed by atoms with Gasteiger partial charge in [-0.2, -0.15) is 9.97 Å². The third-order valence-electron chi connectivity index (χ3n) is 3.31. The van der Waals surface area contributed by atoms with E-state index >= 15 is 0 Å². The van der Waals surface area contributed by atoms with Crippen molar-refractivity contribution < 1.29 is 9.47 Å². The van der Waals surface area contributed by atoms with Crippen molar-refractivity contribution in [2.75, 3.05) is 49.8 Å². The lowest BCUT2D eigenvalue weighted by molar-refractivity contribution is 0.122. The Morgan fingerprint density at radius 1 is 1.18 bits per heavy atom. The molecule has 2 aromatic heterocycles. The normalized spacial score (nSPS) is 14.9. The highest BCUT2D eigenvalue weighted by atomic mass is 16.5. The van der Waals surface area contributed by atoms with Crippen LogP contribution in [0.15, 0.2) is 12.3 Å². The van der Waals surface area contributed by atoms with Gasteiger partial charge in [-0.05, 0) is 0 Å². The molecule has 0 aromatic carbocycles. The third kappa shape index (κ3) is 2.84. The molecule has 9 heteroatoms. The first-order chi connectivity index (χ1) is 10.7. The van der Waals surface area contributed by atoms with E-state index in [1.807, 2.05) is 4.90 Å². The number of rotatable bonds is 3. The van der Waals surface area contributed by atoms with E-state index in [4.69, 9.17) is 20.9 Å². The van der Waals surface area contributed by atoms with Crippen LogP contribution in [-0.4, -0.2) is 53.3 Å². The van der Waals surface area contributed by atoms with Gasteiger partial charge in [0, 0.05) is 25.4 Å². The molecule has 2 aromatic rings. The molecule has 0 radical (unpaired) electrons. The summed E-state index contributed by atoms with van der Waals surface area (Å²) in [6.45, 7) is 2.73. The van der Waals surface area contributed by atoms with Crippen LogP contribution in [0.1, 0.15) is 0 Å². The Bertz CT molecular complexity index is 673. The molecule has 0 spiro atoms. The van der Waals surface area contributed by atoms with Gasteiger partial charge in [0.25, 0.3) is 0 Å². The number of methoxy groups -OCH3 is 1. The zero-order valence-corrected chi connectivity index (χ0v) is 12.2. The molecule has 0 atom stereocenters. The molecule has 22 heavy (non-hydrogen) atoms. The monoisotopic (exact) mass is 303 g/mol. The highest BCUT2D eigenvalue weighted by molar-refractivity contribution is 5.72. The molecular formula is C13H17N7O2. The fraction of sp³-hybridized carbons (Fsp3) is 0.385. The SMILES string of the molecule is COc1cc(-c2cnc(N)nc2N)nc(N2CCOCC2)n1. The summed E-state index contributed by atoms with van der Waals surface area (Å²) < 4.78 is 10.6. The second-order valence-electron chi connectivity index (χ2n) is 4.72. The fourth-order valence-electron chi connectivity index (χ4n) is 2.17. The van der Waals surface area contributed by atoms with Crippen LogP contribution >= 0.6 is 0 Å².